The first-order chi connectivity index (χ1) is 7.67. The summed E-state index contributed by atoms with van der Waals surface area (Å²) in [4.78, 5) is 21.1. The smallest absolute Gasteiger partial charge is 0.241 e. The predicted octanol–water partition coefficient (Wildman–Crippen LogP) is 1.41. The standard InChI is InChI=1S/C10H15ClN4O/c1-3-15(4-2)10(16)6-12-9-5-8(11)13-7-14-9/h5,7H,3-4,6H2,1-2H3,(H,12,13,14). The van der Waals surface area contributed by atoms with Gasteiger partial charge in [0.1, 0.15) is 17.3 Å². The van der Waals surface area contributed by atoms with Gasteiger partial charge in [-0.05, 0) is 13.8 Å². The van der Waals surface area contributed by atoms with E-state index in [0.29, 0.717) is 24.1 Å². The summed E-state index contributed by atoms with van der Waals surface area (Å²) in [5, 5.41) is 3.26. The number of likely N-dealkylation sites (N-methyl/N-ethyl adjacent to an activating group) is 1. The number of carbonyl (C=O) groups is 1. The average Bonchev–Trinajstić information content (AvgIpc) is 2.28. The van der Waals surface area contributed by atoms with Crippen LogP contribution in [0.4, 0.5) is 5.82 Å². The van der Waals surface area contributed by atoms with Gasteiger partial charge in [0.15, 0.2) is 0 Å². The molecule has 0 aromatic carbocycles. The second-order valence-electron chi connectivity index (χ2n) is 3.15. The minimum Gasteiger partial charge on any atom is -0.361 e. The van der Waals surface area contributed by atoms with Crippen molar-refractivity contribution in [2.24, 2.45) is 0 Å². The Morgan fingerprint density at radius 1 is 1.44 bits per heavy atom. The Labute approximate surface area is 99.8 Å². The molecule has 1 heterocycles. The molecule has 0 saturated heterocycles. The minimum atomic E-state index is 0.0414. The third-order valence-corrected chi connectivity index (χ3v) is 2.38. The quantitative estimate of drug-likeness (QED) is 0.794. The van der Waals surface area contributed by atoms with Crippen molar-refractivity contribution < 1.29 is 4.79 Å². The molecule has 1 aromatic rings. The van der Waals surface area contributed by atoms with E-state index in [4.69, 9.17) is 11.6 Å². The second-order valence-corrected chi connectivity index (χ2v) is 3.53. The van der Waals surface area contributed by atoms with E-state index in [0.717, 1.165) is 0 Å². The van der Waals surface area contributed by atoms with Crippen LogP contribution in [-0.4, -0.2) is 40.4 Å². The van der Waals surface area contributed by atoms with Crippen LogP contribution in [-0.2, 0) is 4.79 Å². The summed E-state index contributed by atoms with van der Waals surface area (Å²) in [5.41, 5.74) is 0. The van der Waals surface area contributed by atoms with Gasteiger partial charge in [-0.3, -0.25) is 4.79 Å². The number of anilines is 1. The zero-order valence-corrected chi connectivity index (χ0v) is 10.2. The Morgan fingerprint density at radius 3 is 2.69 bits per heavy atom. The number of rotatable bonds is 5. The Morgan fingerprint density at radius 2 is 2.12 bits per heavy atom. The fourth-order valence-electron chi connectivity index (χ4n) is 1.28. The molecular formula is C10H15ClN4O. The van der Waals surface area contributed by atoms with E-state index < -0.39 is 0 Å². The number of nitrogens with one attached hydrogen (secondary N) is 1. The number of hydrogen-bond acceptors (Lipinski definition) is 4. The van der Waals surface area contributed by atoms with Crippen LogP contribution < -0.4 is 5.32 Å². The molecule has 0 aliphatic carbocycles. The molecule has 0 spiro atoms. The van der Waals surface area contributed by atoms with E-state index in [9.17, 15) is 4.79 Å². The van der Waals surface area contributed by atoms with Crippen LogP contribution in [0.5, 0.6) is 0 Å². The SMILES string of the molecule is CCN(CC)C(=O)CNc1cc(Cl)ncn1. The van der Waals surface area contributed by atoms with Crippen molar-refractivity contribution in [2.75, 3.05) is 25.0 Å². The van der Waals surface area contributed by atoms with Gasteiger partial charge in [0.05, 0.1) is 6.54 Å². The fraction of sp³-hybridized carbons (Fsp3) is 0.500. The van der Waals surface area contributed by atoms with Gasteiger partial charge in [-0.15, -0.1) is 0 Å². The van der Waals surface area contributed by atoms with Gasteiger partial charge >= 0.3 is 0 Å². The number of halogens is 1. The fourth-order valence-corrected chi connectivity index (χ4v) is 1.43. The highest BCUT2D eigenvalue weighted by Crippen LogP contribution is 2.08. The molecule has 5 nitrogen and oxygen atoms in total. The molecule has 1 amide bonds. The lowest BCUT2D eigenvalue weighted by molar-refractivity contribution is -0.128. The van der Waals surface area contributed by atoms with Crippen LogP contribution >= 0.6 is 11.6 Å². The minimum absolute atomic E-state index is 0.0414. The number of carbonyl (C=O) groups excluding carboxylic acids is 1. The van der Waals surface area contributed by atoms with Crippen molar-refractivity contribution in [2.45, 2.75) is 13.8 Å². The van der Waals surface area contributed by atoms with E-state index in [1.807, 2.05) is 13.8 Å². The molecule has 6 heteroatoms. The average molecular weight is 243 g/mol. The van der Waals surface area contributed by atoms with E-state index in [1.165, 1.54) is 6.33 Å². The normalized spacial score (nSPS) is 9.94. The van der Waals surface area contributed by atoms with Crippen molar-refractivity contribution in [3.8, 4) is 0 Å². The van der Waals surface area contributed by atoms with Crippen LogP contribution in [0.2, 0.25) is 5.15 Å². The third-order valence-electron chi connectivity index (χ3n) is 2.17. The van der Waals surface area contributed by atoms with Crippen LogP contribution in [0, 0.1) is 0 Å². The molecule has 0 atom stereocenters. The molecular weight excluding hydrogens is 228 g/mol. The molecule has 0 aliphatic heterocycles. The molecule has 0 saturated carbocycles. The highest BCUT2D eigenvalue weighted by Gasteiger charge is 2.08. The van der Waals surface area contributed by atoms with Crippen LogP contribution in [0.15, 0.2) is 12.4 Å². The first kappa shape index (κ1) is 12.7. The van der Waals surface area contributed by atoms with Gasteiger partial charge in [0.2, 0.25) is 5.91 Å². The molecule has 0 radical (unpaired) electrons. The largest absolute Gasteiger partial charge is 0.361 e. The lowest BCUT2D eigenvalue weighted by Crippen LogP contribution is -2.35. The Hall–Kier alpha value is -1.36. The van der Waals surface area contributed by atoms with Crippen LogP contribution in [0.3, 0.4) is 0 Å². The zero-order valence-electron chi connectivity index (χ0n) is 9.40. The first-order valence-corrected chi connectivity index (χ1v) is 5.54. The van der Waals surface area contributed by atoms with Crippen LogP contribution in [0.25, 0.3) is 0 Å². The van der Waals surface area contributed by atoms with Crippen molar-refractivity contribution in [1.29, 1.82) is 0 Å². The van der Waals surface area contributed by atoms with Gasteiger partial charge in [-0.1, -0.05) is 11.6 Å². The summed E-state index contributed by atoms with van der Waals surface area (Å²) >= 11 is 5.69. The topological polar surface area (TPSA) is 58.1 Å². The summed E-state index contributed by atoms with van der Waals surface area (Å²) in [7, 11) is 0. The Kier molecular flexibility index (Phi) is 4.98. The lowest BCUT2D eigenvalue weighted by atomic mass is 10.4. The highest BCUT2D eigenvalue weighted by molar-refractivity contribution is 6.29. The van der Waals surface area contributed by atoms with E-state index in [-0.39, 0.29) is 12.5 Å². The number of amides is 1. The number of aromatic nitrogens is 2. The van der Waals surface area contributed by atoms with E-state index >= 15 is 0 Å². The molecule has 1 rings (SSSR count). The molecule has 1 N–H and O–H groups in total. The summed E-state index contributed by atoms with van der Waals surface area (Å²) in [6.07, 6.45) is 1.35. The molecule has 0 unspecified atom stereocenters. The maximum absolute atomic E-state index is 11.7. The highest BCUT2D eigenvalue weighted by atomic mass is 35.5. The number of hydrogen-bond donors (Lipinski definition) is 1. The maximum Gasteiger partial charge on any atom is 0.241 e. The van der Waals surface area contributed by atoms with Crippen LogP contribution in [0.1, 0.15) is 13.8 Å². The van der Waals surface area contributed by atoms with Gasteiger partial charge in [0.25, 0.3) is 0 Å². The van der Waals surface area contributed by atoms with Crippen molar-refractivity contribution in [1.82, 2.24) is 14.9 Å². The Balaban J connectivity index is 2.48. The van der Waals surface area contributed by atoms with Crippen molar-refractivity contribution >= 4 is 23.3 Å². The van der Waals surface area contributed by atoms with E-state index in [1.54, 1.807) is 11.0 Å². The summed E-state index contributed by atoms with van der Waals surface area (Å²) < 4.78 is 0. The first-order valence-electron chi connectivity index (χ1n) is 5.16. The van der Waals surface area contributed by atoms with Gasteiger partial charge in [0, 0.05) is 19.2 Å². The number of nitrogens with zero attached hydrogens (tertiary/aromatic N) is 3. The van der Waals surface area contributed by atoms with Crippen molar-refractivity contribution in [3.05, 3.63) is 17.5 Å². The maximum atomic E-state index is 11.7. The summed E-state index contributed by atoms with van der Waals surface area (Å²) in [6, 6.07) is 1.58. The molecule has 88 valence electrons. The third kappa shape index (κ3) is 3.66. The molecule has 16 heavy (non-hydrogen) atoms. The zero-order chi connectivity index (χ0) is 12.0. The molecule has 0 bridgehead atoms. The lowest BCUT2D eigenvalue weighted by Gasteiger charge is -2.18. The van der Waals surface area contributed by atoms with Gasteiger partial charge < -0.3 is 10.2 Å². The van der Waals surface area contributed by atoms with Crippen molar-refractivity contribution in [3.63, 3.8) is 0 Å². The summed E-state index contributed by atoms with van der Waals surface area (Å²) in [5.74, 6) is 0.597. The Bertz CT molecular complexity index is 354. The monoisotopic (exact) mass is 242 g/mol. The molecule has 0 aliphatic rings. The second kappa shape index (κ2) is 6.27. The van der Waals surface area contributed by atoms with Gasteiger partial charge in [-0.25, -0.2) is 9.97 Å². The predicted molar refractivity (Wildman–Crippen MR) is 63.5 cm³/mol. The summed E-state index contributed by atoms with van der Waals surface area (Å²) in [6.45, 7) is 5.53. The van der Waals surface area contributed by atoms with Gasteiger partial charge in [-0.2, -0.15) is 0 Å². The molecule has 0 fully saturated rings. The van der Waals surface area contributed by atoms with E-state index in [2.05, 4.69) is 15.3 Å². The molecule has 1 aromatic heterocycles.